The van der Waals surface area contributed by atoms with Crippen LogP contribution < -0.4 is 4.74 Å². The van der Waals surface area contributed by atoms with Gasteiger partial charge in [0.2, 0.25) is 5.78 Å². The number of allylic oxidation sites excluding steroid dienone is 1. The van der Waals surface area contributed by atoms with Gasteiger partial charge in [-0.2, -0.15) is 0 Å². The van der Waals surface area contributed by atoms with Crippen molar-refractivity contribution in [3.05, 3.63) is 66.5 Å². The number of hydrogen-bond donors (Lipinski definition) is 1. The van der Waals surface area contributed by atoms with Crippen LogP contribution in [0, 0.1) is 0 Å². The quantitative estimate of drug-likeness (QED) is 0.674. The zero-order valence-corrected chi connectivity index (χ0v) is 12.0. The second-order valence-electron chi connectivity index (χ2n) is 5.13. The van der Waals surface area contributed by atoms with Crippen molar-refractivity contribution in [2.24, 2.45) is 0 Å². The lowest BCUT2D eigenvalue weighted by Gasteiger charge is -2.17. The second kappa shape index (κ2) is 5.89. The Bertz CT molecular complexity index is 637. The third kappa shape index (κ3) is 3.77. The molecule has 108 valence electrons. The standard InChI is InChI=1S/C17H17NO3/c1-4-16(19)15-10-9-14(11-18-15)21-13-7-5-12(6-8-13)17(2,3)20/h4-11,20H,1H2,2-3H3. The Morgan fingerprint density at radius 3 is 2.29 bits per heavy atom. The van der Waals surface area contributed by atoms with Crippen molar-refractivity contribution in [1.29, 1.82) is 0 Å². The molecule has 0 fully saturated rings. The lowest BCUT2D eigenvalue weighted by atomic mass is 9.99. The molecule has 2 aromatic rings. The first-order chi connectivity index (χ1) is 9.90. The lowest BCUT2D eigenvalue weighted by Crippen LogP contribution is -2.14. The summed E-state index contributed by atoms with van der Waals surface area (Å²) in [7, 11) is 0. The van der Waals surface area contributed by atoms with E-state index in [1.54, 1.807) is 50.2 Å². The molecule has 2 rings (SSSR count). The number of benzene rings is 1. The Hall–Kier alpha value is -2.46. The van der Waals surface area contributed by atoms with Crippen LogP contribution in [0.15, 0.2) is 55.3 Å². The van der Waals surface area contributed by atoms with E-state index in [4.69, 9.17) is 4.74 Å². The van der Waals surface area contributed by atoms with Crippen LogP contribution in [0.5, 0.6) is 11.5 Å². The van der Waals surface area contributed by atoms with Gasteiger partial charge < -0.3 is 9.84 Å². The number of pyridine rings is 1. The predicted octanol–water partition coefficient (Wildman–Crippen LogP) is 3.47. The average molecular weight is 283 g/mol. The minimum atomic E-state index is -0.882. The summed E-state index contributed by atoms with van der Waals surface area (Å²) >= 11 is 0. The first-order valence-electron chi connectivity index (χ1n) is 6.54. The number of hydrogen-bond acceptors (Lipinski definition) is 4. The van der Waals surface area contributed by atoms with Gasteiger partial charge in [-0.15, -0.1) is 0 Å². The smallest absolute Gasteiger partial charge is 0.203 e. The minimum absolute atomic E-state index is 0.226. The summed E-state index contributed by atoms with van der Waals surface area (Å²) in [5, 5.41) is 9.88. The van der Waals surface area contributed by atoms with E-state index in [2.05, 4.69) is 11.6 Å². The Labute approximate surface area is 123 Å². The maximum atomic E-state index is 11.4. The normalized spacial score (nSPS) is 11.0. The van der Waals surface area contributed by atoms with E-state index in [1.807, 2.05) is 0 Å². The highest BCUT2D eigenvalue weighted by molar-refractivity contribution is 6.02. The van der Waals surface area contributed by atoms with E-state index in [1.165, 1.54) is 12.3 Å². The predicted molar refractivity (Wildman–Crippen MR) is 80.5 cm³/mol. The Morgan fingerprint density at radius 2 is 1.81 bits per heavy atom. The lowest BCUT2D eigenvalue weighted by molar-refractivity contribution is 0.0785. The first kappa shape index (κ1) is 14.9. The van der Waals surface area contributed by atoms with Gasteiger partial charge in [0, 0.05) is 0 Å². The van der Waals surface area contributed by atoms with Gasteiger partial charge in [-0.1, -0.05) is 18.7 Å². The zero-order valence-electron chi connectivity index (χ0n) is 12.0. The van der Waals surface area contributed by atoms with Gasteiger partial charge in [-0.25, -0.2) is 4.98 Å². The van der Waals surface area contributed by atoms with Gasteiger partial charge in [0.15, 0.2) is 0 Å². The zero-order chi connectivity index (χ0) is 15.5. The van der Waals surface area contributed by atoms with Crippen molar-refractivity contribution in [2.75, 3.05) is 0 Å². The fraction of sp³-hybridized carbons (Fsp3) is 0.176. The van der Waals surface area contributed by atoms with Gasteiger partial charge in [-0.3, -0.25) is 4.79 Å². The van der Waals surface area contributed by atoms with Crippen LogP contribution in [0.3, 0.4) is 0 Å². The average Bonchev–Trinajstić information content (AvgIpc) is 2.47. The number of ether oxygens (including phenoxy) is 1. The van der Waals surface area contributed by atoms with Crippen LogP contribution in [0.25, 0.3) is 0 Å². The molecule has 0 aliphatic heterocycles. The second-order valence-corrected chi connectivity index (χ2v) is 5.13. The fourth-order valence-electron chi connectivity index (χ4n) is 1.76. The molecule has 0 aliphatic carbocycles. The minimum Gasteiger partial charge on any atom is -0.456 e. The van der Waals surface area contributed by atoms with E-state index >= 15 is 0 Å². The largest absolute Gasteiger partial charge is 0.456 e. The fourth-order valence-corrected chi connectivity index (χ4v) is 1.76. The van der Waals surface area contributed by atoms with Crippen LogP contribution in [-0.2, 0) is 5.60 Å². The topological polar surface area (TPSA) is 59.4 Å². The van der Waals surface area contributed by atoms with E-state index in [0.717, 1.165) is 5.56 Å². The monoisotopic (exact) mass is 283 g/mol. The summed E-state index contributed by atoms with van der Waals surface area (Å²) in [5.74, 6) is 0.940. The molecule has 1 N–H and O–H groups in total. The van der Waals surface area contributed by atoms with Crippen molar-refractivity contribution in [3.8, 4) is 11.5 Å². The molecular formula is C17H17NO3. The molecule has 0 atom stereocenters. The van der Waals surface area contributed by atoms with Crippen molar-refractivity contribution in [1.82, 2.24) is 4.98 Å². The molecule has 4 heteroatoms. The Morgan fingerprint density at radius 1 is 1.19 bits per heavy atom. The number of rotatable bonds is 5. The number of ketones is 1. The van der Waals surface area contributed by atoms with Crippen LogP contribution in [0.4, 0.5) is 0 Å². The summed E-state index contributed by atoms with van der Waals surface area (Å²) < 4.78 is 5.63. The SMILES string of the molecule is C=CC(=O)c1ccc(Oc2ccc(C(C)(C)O)cc2)cn1. The number of nitrogens with zero attached hydrogens (tertiary/aromatic N) is 1. The molecule has 1 aromatic carbocycles. The third-order valence-electron chi connectivity index (χ3n) is 2.97. The summed E-state index contributed by atoms with van der Waals surface area (Å²) in [4.78, 5) is 15.4. The van der Waals surface area contributed by atoms with Crippen LogP contribution >= 0.6 is 0 Å². The number of aliphatic hydroxyl groups is 1. The molecule has 1 heterocycles. The van der Waals surface area contributed by atoms with Gasteiger partial charge in [0.05, 0.1) is 11.8 Å². The van der Waals surface area contributed by atoms with Crippen LogP contribution in [0.1, 0.15) is 29.9 Å². The molecule has 4 nitrogen and oxygen atoms in total. The summed E-state index contributed by atoms with van der Waals surface area (Å²) in [6.07, 6.45) is 2.71. The number of aromatic nitrogens is 1. The van der Waals surface area contributed by atoms with Crippen LogP contribution in [0.2, 0.25) is 0 Å². The highest BCUT2D eigenvalue weighted by atomic mass is 16.5. The molecular weight excluding hydrogens is 266 g/mol. The van der Waals surface area contributed by atoms with Crippen molar-refractivity contribution in [3.63, 3.8) is 0 Å². The Kier molecular flexibility index (Phi) is 4.19. The van der Waals surface area contributed by atoms with E-state index in [9.17, 15) is 9.90 Å². The summed E-state index contributed by atoms with van der Waals surface area (Å²) in [5.41, 5.74) is 0.252. The van der Waals surface area contributed by atoms with Crippen molar-refractivity contribution in [2.45, 2.75) is 19.4 Å². The first-order valence-corrected chi connectivity index (χ1v) is 6.54. The van der Waals surface area contributed by atoms with Gasteiger partial charge in [0.25, 0.3) is 0 Å². The molecule has 0 radical (unpaired) electrons. The summed E-state index contributed by atoms with van der Waals surface area (Å²) in [6.45, 7) is 6.86. The van der Waals surface area contributed by atoms with Crippen molar-refractivity contribution >= 4 is 5.78 Å². The molecule has 0 aliphatic rings. The summed E-state index contributed by atoms with van der Waals surface area (Å²) in [6, 6.07) is 10.4. The highest BCUT2D eigenvalue weighted by Gasteiger charge is 2.15. The molecule has 0 spiro atoms. The molecule has 1 aromatic heterocycles. The van der Waals surface area contributed by atoms with Gasteiger partial charge >= 0.3 is 0 Å². The molecule has 0 amide bonds. The maximum Gasteiger partial charge on any atom is 0.203 e. The highest BCUT2D eigenvalue weighted by Crippen LogP contribution is 2.25. The molecule has 21 heavy (non-hydrogen) atoms. The third-order valence-corrected chi connectivity index (χ3v) is 2.97. The molecule has 0 saturated carbocycles. The molecule has 0 bridgehead atoms. The van der Waals surface area contributed by atoms with E-state index in [-0.39, 0.29) is 5.78 Å². The molecule has 0 unspecified atom stereocenters. The van der Waals surface area contributed by atoms with E-state index < -0.39 is 5.60 Å². The van der Waals surface area contributed by atoms with E-state index in [0.29, 0.717) is 17.2 Å². The van der Waals surface area contributed by atoms with Crippen LogP contribution in [-0.4, -0.2) is 15.9 Å². The number of carbonyl (C=O) groups is 1. The number of carbonyl (C=O) groups excluding carboxylic acids is 1. The van der Waals surface area contributed by atoms with Gasteiger partial charge in [0.1, 0.15) is 17.2 Å². The molecule has 0 saturated heterocycles. The van der Waals surface area contributed by atoms with Crippen molar-refractivity contribution < 1.29 is 14.6 Å². The maximum absolute atomic E-state index is 11.4. The van der Waals surface area contributed by atoms with Gasteiger partial charge in [-0.05, 0) is 49.8 Å². The Balaban J connectivity index is 2.11.